The van der Waals surface area contributed by atoms with Crippen molar-refractivity contribution < 1.29 is 8.78 Å². The van der Waals surface area contributed by atoms with Crippen molar-refractivity contribution in [2.75, 3.05) is 26.2 Å². The number of likely N-dealkylation sites (tertiary alicyclic amines) is 1. The third kappa shape index (κ3) is 4.43. The van der Waals surface area contributed by atoms with Gasteiger partial charge in [-0.2, -0.15) is 0 Å². The number of halogens is 2. The fourth-order valence-corrected chi connectivity index (χ4v) is 1.67. The van der Waals surface area contributed by atoms with E-state index in [1.807, 2.05) is 0 Å². The summed E-state index contributed by atoms with van der Waals surface area (Å²) >= 11 is 0. The molecule has 0 bridgehead atoms. The van der Waals surface area contributed by atoms with E-state index in [4.69, 9.17) is 5.73 Å². The first-order chi connectivity index (χ1) is 6.85. The lowest BCUT2D eigenvalue weighted by atomic mass is 9.89. The highest BCUT2D eigenvalue weighted by Crippen LogP contribution is 2.28. The third-order valence-corrected chi connectivity index (χ3v) is 3.24. The first-order valence-electron chi connectivity index (χ1n) is 5.65. The molecule has 2 nitrogen and oxygen atoms in total. The summed E-state index contributed by atoms with van der Waals surface area (Å²) in [4.78, 5) is 2.12. The van der Waals surface area contributed by atoms with E-state index in [9.17, 15) is 8.78 Å². The molecule has 0 aromatic rings. The molecule has 1 rings (SSSR count). The van der Waals surface area contributed by atoms with Gasteiger partial charge < -0.3 is 10.6 Å². The second-order valence-electron chi connectivity index (χ2n) is 5.32. The number of nitrogens with two attached hydrogens (primary N) is 1. The summed E-state index contributed by atoms with van der Waals surface area (Å²) in [6, 6.07) is 0. The van der Waals surface area contributed by atoms with Crippen LogP contribution in [0.5, 0.6) is 0 Å². The number of piperidine rings is 1. The summed E-state index contributed by atoms with van der Waals surface area (Å²) in [5.41, 5.74) is 5.75. The van der Waals surface area contributed by atoms with Crippen molar-refractivity contribution in [3.05, 3.63) is 0 Å². The van der Waals surface area contributed by atoms with Gasteiger partial charge in [-0.05, 0) is 24.9 Å². The van der Waals surface area contributed by atoms with Crippen LogP contribution in [0.3, 0.4) is 0 Å². The molecule has 0 amide bonds. The van der Waals surface area contributed by atoms with Crippen LogP contribution in [-0.4, -0.2) is 37.0 Å². The van der Waals surface area contributed by atoms with E-state index in [2.05, 4.69) is 18.7 Å². The van der Waals surface area contributed by atoms with E-state index >= 15 is 0 Å². The zero-order valence-corrected chi connectivity index (χ0v) is 9.73. The molecule has 0 saturated carbocycles. The minimum absolute atomic E-state index is 0.00997. The molecule has 1 heterocycles. The van der Waals surface area contributed by atoms with E-state index < -0.39 is 5.92 Å². The minimum atomic E-state index is -2.43. The van der Waals surface area contributed by atoms with Crippen LogP contribution in [0.1, 0.15) is 33.1 Å². The van der Waals surface area contributed by atoms with Crippen molar-refractivity contribution in [2.45, 2.75) is 39.0 Å². The Morgan fingerprint density at radius 1 is 1.27 bits per heavy atom. The van der Waals surface area contributed by atoms with Gasteiger partial charge >= 0.3 is 0 Å². The Morgan fingerprint density at radius 3 is 2.27 bits per heavy atom. The van der Waals surface area contributed by atoms with Gasteiger partial charge in [-0.15, -0.1) is 0 Å². The normalized spacial score (nSPS) is 23.0. The average molecular weight is 220 g/mol. The molecule has 2 N–H and O–H groups in total. The number of hydrogen-bond acceptors (Lipinski definition) is 2. The van der Waals surface area contributed by atoms with Crippen LogP contribution in [0.15, 0.2) is 0 Å². The summed E-state index contributed by atoms with van der Waals surface area (Å²) in [5, 5.41) is 0. The molecule has 0 aromatic heterocycles. The topological polar surface area (TPSA) is 29.3 Å². The molecule has 1 fully saturated rings. The summed E-state index contributed by atoms with van der Waals surface area (Å²) in [6.45, 7) is 6.82. The second kappa shape index (κ2) is 4.74. The van der Waals surface area contributed by atoms with Crippen LogP contribution in [0.4, 0.5) is 8.78 Å². The lowest BCUT2D eigenvalue weighted by Crippen LogP contribution is -2.41. The van der Waals surface area contributed by atoms with E-state index in [0.717, 1.165) is 13.0 Å². The molecule has 0 aliphatic carbocycles. The molecule has 90 valence electrons. The Morgan fingerprint density at radius 2 is 1.80 bits per heavy atom. The van der Waals surface area contributed by atoms with Gasteiger partial charge in [-0.3, -0.25) is 0 Å². The molecule has 0 atom stereocenters. The molecule has 4 heteroatoms. The third-order valence-electron chi connectivity index (χ3n) is 3.24. The van der Waals surface area contributed by atoms with Gasteiger partial charge in [-0.25, -0.2) is 8.78 Å². The number of nitrogens with zero attached hydrogens (tertiary/aromatic N) is 1. The van der Waals surface area contributed by atoms with Gasteiger partial charge in [0.2, 0.25) is 0 Å². The smallest absolute Gasteiger partial charge is 0.250 e. The van der Waals surface area contributed by atoms with Crippen LogP contribution in [0, 0.1) is 5.41 Å². The molecule has 0 radical (unpaired) electrons. The van der Waals surface area contributed by atoms with Crippen LogP contribution in [-0.2, 0) is 0 Å². The quantitative estimate of drug-likeness (QED) is 0.786. The Kier molecular flexibility index (Phi) is 4.06. The van der Waals surface area contributed by atoms with Gasteiger partial charge in [-0.1, -0.05) is 13.8 Å². The fraction of sp³-hybridized carbons (Fsp3) is 1.00. The molecule has 0 spiro atoms. The lowest BCUT2D eigenvalue weighted by molar-refractivity contribution is -0.0562. The highest BCUT2D eigenvalue weighted by molar-refractivity contribution is 4.79. The highest BCUT2D eigenvalue weighted by atomic mass is 19.3. The average Bonchev–Trinajstić information content (AvgIpc) is 2.16. The van der Waals surface area contributed by atoms with Crippen LogP contribution in [0.2, 0.25) is 0 Å². The molecule has 0 aromatic carbocycles. The molecule has 0 unspecified atom stereocenters. The Balaban J connectivity index is 2.25. The zero-order chi connectivity index (χ0) is 11.5. The standard InChI is InChI=1S/C11H22F2N2/c1-10(2,9-14)3-6-15-7-4-11(12,13)5-8-15/h3-9,14H2,1-2H3. The summed E-state index contributed by atoms with van der Waals surface area (Å²) in [5.74, 6) is -2.43. The predicted octanol–water partition coefficient (Wildman–Crippen LogP) is 2.09. The SMILES string of the molecule is CC(C)(CN)CCN1CCC(F)(F)CC1. The van der Waals surface area contributed by atoms with Crippen molar-refractivity contribution in [1.29, 1.82) is 0 Å². The van der Waals surface area contributed by atoms with Crippen molar-refractivity contribution >= 4 is 0 Å². The lowest BCUT2D eigenvalue weighted by Gasteiger charge is -2.34. The minimum Gasteiger partial charge on any atom is -0.330 e. The van der Waals surface area contributed by atoms with Crippen LogP contribution in [0.25, 0.3) is 0 Å². The van der Waals surface area contributed by atoms with Gasteiger partial charge in [0, 0.05) is 25.9 Å². The molecule has 1 saturated heterocycles. The molecule has 1 aliphatic heterocycles. The molecule has 1 aliphatic rings. The monoisotopic (exact) mass is 220 g/mol. The zero-order valence-electron chi connectivity index (χ0n) is 9.73. The molecular weight excluding hydrogens is 198 g/mol. The fourth-order valence-electron chi connectivity index (χ4n) is 1.67. The van der Waals surface area contributed by atoms with Crippen LogP contribution < -0.4 is 5.73 Å². The summed E-state index contributed by atoms with van der Waals surface area (Å²) in [7, 11) is 0. The van der Waals surface area contributed by atoms with Crippen LogP contribution >= 0.6 is 0 Å². The van der Waals surface area contributed by atoms with Gasteiger partial charge in [0.1, 0.15) is 0 Å². The van der Waals surface area contributed by atoms with Gasteiger partial charge in [0.15, 0.2) is 0 Å². The predicted molar refractivity (Wildman–Crippen MR) is 58.1 cm³/mol. The molecular formula is C11H22F2N2. The Hall–Kier alpha value is -0.220. The molecule has 15 heavy (non-hydrogen) atoms. The largest absolute Gasteiger partial charge is 0.330 e. The Bertz CT molecular complexity index is 195. The summed E-state index contributed by atoms with van der Waals surface area (Å²) in [6.07, 6.45) is 1.00. The number of alkyl halides is 2. The van der Waals surface area contributed by atoms with Gasteiger partial charge in [0.05, 0.1) is 0 Å². The maximum absolute atomic E-state index is 12.9. The number of hydrogen-bond donors (Lipinski definition) is 1. The van der Waals surface area contributed by atoms with E-state index in [-0.39, 0.29) is 18.3 Å². The summed E-state index contributed by atoms with van der Waals surface area (Å²) < 4.78 is 25.7. The van der Waals surface area contributed by atoms with Crippen molar-refractivity contribution in [1.82, 2.24) is 4.90 Å². The van der Waals surface area contributed by atoms with Crippen molar-refractivity contribution in [3.8, 4) is 0 Å². The maximum atomic E-state index is 12.9. The Labute approximate surface area is 90.8 Å². The second-order valence-corrected chi connectivity index (χ2v) is 5.32. The van der Waals surface area contributed by atoms with E-state index in [1.54, 1.807) is 0 Å². The first-order valence-corrected chi connectivity index (χ1v) is 5.65. The maximum Gasteiger partial charge on any atom is 0.250 e. The first kappa shape index (κ1) is 12.8. The van der Waals surface area contributed by atoms with Crippen molar-refractivity contribution in [2.24, 2.45) is 11.1 Å². The number of rotatable bonds is 4. The van der Waals surface area contributed by atoms with Gasteiger partial charge in [0.25, 0.3) is 5.92 Å². The van der Waals surface area contributed by atoms with E-state index in [0.29, 0.717) is 19.6 Å². The van der Waals surface area contributed by atoms with Crippen molar-refractivity contribution in [3.63, 3.8) is 0 Å². The highest BCUT2D eigenvalue weighted by Gasteiger charge is 2.34. The van der Waals surface area contributed by atoms with E-state index in [1.165, 1.54) is 0 Å².